The number of benzene rings is 1. The van der Waals surface area contributed by atoms with Crippen LogP contribution in [0.25, 0.3) is 0 Å². The Morgan fingerprint density at radius 2 is 2.23 bits per heavy atom. The van der Waals surface area contributed by atoms with Crippen molar-refractivity contribution in [3.05, 3.63) is 38.4 Å². The van der Waals surface area contributed by atoms with Crippen LogP contribution in [0.2, 0.25) is 5.02 Å². The number of aliphatic hydroxyl groups is 1. The molecule has 1 aromatic carbocycles. The first kappa shape index (κ1) is 9.95. The largest absolute Gasteiger partial charge is 0.391 e. The molecule has 0 aliphatic carbocycles. The zero-order valence-electron chi connectivity index (χ0n) is 6.95. The molecule has 0 aliphatic rings. The molecular weight excluding hydrogens is 194 g/mol. The Hall–Kier alpha value is -1.13. The van der Waals surface area contributed by atoms with Gasteiger partial charge in [-0.05, 0) is 12.5 Å². The highest BCUT2D eigenvalue weighted by atomic mass is 35.5. The summed E-state index contributed by atoms with van der Waals surface area (Å²) in [4.78, 5) is 9.92. The van der Waals surface area contributed by atoms with E-state index in [9.17, 15) is 10.1 Å². The predicted molar refractivity (Wildman–Crippen MR) is 48.8 cm³/mol. The first-order chi connectivity index (χ1) is 6.07. The molecule has 0 saturated carbocycles. The molecule has 4 nitrogen and oxygen atoms in total. The number of hydrogen-bond acceptors (Lipinski definition) is 3. The van der Waals surface area contributed by atoms with E-state index < -0.39 is 11.5 Å². The van der Waals surface area contributed by atoms with Crippen LogP contribution in [0.3, 0.4) is 0 Å². The summed E-state index contributed by atoms with van der Waals surface area (Å²) in [6.45, 7) is 1.31. The fourth-order valence-electron chi connectivity index (χ4n) is 1.05. The maximum absolute atomic E-state index is 10.5. The number of halogens is 1. The van der Waals surface area contributed by atoms with Gasteiger partial charge in [0.2, 0.25) is 0 Å². The fourth-order valence-corrected chi connectivity index (χ4v) is 1.27. The van der Waals surface area contributed by atoms with Crippen molar-refractivity contribution in [2.24, 2.45) is 0 Å². The number of nitro benzene ring substituents is 1. The minimum absolute atomic E-state index is 0.141. The van der Waals surface area contributed by atoms with Gasteiger partial charge in [0.15, 0.2) is 0 Å². The van der Waals surface area contributed by atoms with E-state index in [1.165, 1.54) is 6.07 Å². The van der Waals surface area contributed by atoms with Gasteiger partial charge in [-0.25, -0.2) is 0 Å². The van der Waals surface area contributed by atoms with Crippen LogP contribution in [0.4, 0.5) is 5.69 Å². The topological polar surface area (TPSA) is 63.4 Å². The highest BCUT2D eigenvalue weighted by Crippen LogP contribution is 2.29. The molecule has 1 rings (SSSR count). The average molecular weight is 202 g/mol. The van der Waals surface area contributed by atoms with Crippen LogP contribution in [0.15, 0.2) is 12.1 Å². The van der Waals surface area contributed by atoms with Crippen LogP contribution < -0.4 is 0 Å². The van der Waals surface area contributed by atoms with Gasteiger partial charge in [-0.15, -0.1) is 0 Å². The summed E-state index contributed by atoms with van der Waals surface area (Å²) >= 11 is 5.78. The van der Waals surface area contributed by atoms with Crippen LogP contribution in [0.5, 0.6) is 0 Å². The molecule has 13 heavy (non-hydrogen) atoms. The first-order valence-electron chi connectivity index (χ1n) is 3.61. The molecule has 1 N–H and O–H groups in total. The number of hydrogen-bond donors (Lipinski definition) is 1. The molecule has 1 aromatic rings. The Morgan fingerprint density at radius 3 is 2.69 bits per heavy atom. The summed E-state index contributed by atoms with van der Waals surface area (Å²) in [6.07, 6.45) is 0. The van der Waals surface area contributed by atoms with Crippen molar-refractivity contribution in [3.63, 3.8) is 0 Å². The second-order valence-corrected chi connectivity index (χ2v) is 2.99. The number of rotatable bonds is 2. The van der Waals surface area contributed by atoms with E-state index in [2.05, 4.69) is 0 Å². The molecule has 5 heteroatoms. The van der Waals surface area contributed by atoms with Crippen molar-refractivity contribution in [2.75, 3.05) is 0 Å². The Morgan fingerprint density at radius 1 is 1.62 bits per heavy atom. The third-order valence-electron chi connectivity index (χ3n) is 1.77. The van der Waals surface area contributed by atoms with Crippen molar-refractivity contribution in [3.8, 4) is 0 Å². The molecule has 0 unspecified atom stereocenters. The summed E-state index contributed by atoms with van der Waals surface area (Å²) in [5, 5.41) is 19.6. The van der Waals surface area contributed by atoms with E-state index in [0.29, 0.717) is 0 Å². The van der Waals surface area contributed by atoms with Crippen molar-refractivity contribution in [1.29, 1.82) is 0 Å². The van der Waals surface area contributed by atoms with E-state index in [1.54, 1.807) is 13.0 Å². The van der Waals surface area contributed by atoms with Gasteiger partial charge in [0.25, 0.3) is 5.69 Å². The first-order valence-corrected chi connectivity index (χ1v) is 3.99. The predicted octanol–water partition coefficient (Wildman–Crippen LogP) is 2.05. The van der Waals surface area contributed by atoms with Crippen LogP contribution >= 0.6 is 11.6 Å². The summed E-state index contributed by atoms with van der Waals surface area (Å²) < 4.78 is 0. The molecule has 0 heterocycles. The highest BCUT2D eigenvalue weighted by molar-refractivity contribution is 6.32. The standard InChI is InChI=1S/C8H8ClNO3/c1-5-2-3-7(10(12)13)6(4-11)8(5)9/h2-3,11H,4H2,1H3. The third kappa shape index (κ3) is 1.79. The molecule has 0 atom stereocenters. The molecular formula is C8H8ClNO3. The van der Waals surface area contributed by atoms with Gasteiger partial charge in [0.05, 0.1) is 22.1 Å². The summed E-state index contributed by atoms with van der Waals surface area (Å²) in [5.74, 6) is 0. The lowest BCUT2D eigenvalue weighted by Crippen LogP contribution is -1.97. The molecule has 0 radical (unpaired) electrons. The Labute approximate surface area is 79.9 Å². The maximum atomic E-state index is 10.5. The monoisotopic (exact) mass is 201 g/mol. The lowest BCUT2D eigenvalue weighted by molar-refractivity contribution is -0.385. The fraction of sp³-hybridized carbons (Fsp3) is 0.250. The molecule has 0 bridgehead atoms. The van der Waals surface area contributed by atoms with E-state index in [0.717, 1.165) is 5.56 Å². The molecule has 0 fully saturated rings. The van der Waals surface area contributed by atoms with E-state index in [4.69, 9.17) is 16.7 Å². The number of nitro groups is 1. The Balaban J connectivity index is 3.38. The maximum Gasteiger partial charge on any atom is 0.276 e. The lowest BCUT2D eigenvalue weighted by atomic mass is 10.1. The Kier molecular flexibility index (Phi) is 2.85. The number of nitrogens with zero attached hydrogens (tertiary/aromatic N) is 1. The van der Waals surface area contributed by atoms with E-state index >= 15 is 0 Å². The van der Waals surface area contributed by atoms with Crippen molar-refractivity contribution in [2.45, 2.75) is 13.5 Å². The van der Waals surface area contributed by atoms with Gasteiger partial charge in [0, 0.05) is 6.07 Å². The highest BCUT2D eigenvalue weighted by Gasteiger charge is 2.16. The zero-order valence-corrected chi connectivity index (χ0v) is 7.71. The Bertz CT molecular complexity index is 351. The molecule has 0 aliphatic heterocycles. The van der Waals surface area contributed by atoms with E-state index in [-0.39, 0.29) is 16.3 Å². The van der Waals surface area contributed by atoms with Gasteiger partial charge in [-0.1, -0.05) is 17.7 Å². The summed E-state index contributed by atoms with van der Waals surface area (Å²) in [6, 6.07) is 2.90. The lowest BCUT2D eigenvalue weighted by Gasteiger charge is -2.04. The molecule has 0 amide bonds. The van der Waals surface area contributed by atoms with Gasteiger partial charge in [0.1, 0.15) is 0 Å². The number of aliphatic hydroxyl groups excluding tert-OH is 1. The second kappa shape index (κ2) is 3.72. The van der Waals surface area contributed by atoms with E-state index in [1.807, 2.05) is 0 Å². The second-order valence-electron chi connectivity index (χ2n) is 2.61. The number of aryl methyl sites for hydroxylation is 1. The SMILES string of the molecule is Cc1ccc([N+](=O)[O-])c(CO)c1Cl. The van der Waals surface area contributed by atoms with Gasteiger partial charge in [-0.3, -0.25) is 10.1 Å². The summed E-state index contributed by atoms with van der Waals surface area (Å²) in [5.41, 5.74) is 0.751. The minimum Gasteiger partial charge on any atom is -0.391 e. The molecule has 0 saturated heterocycles. The van der Waals surface area contributed by atoms with Crippen LogP contribution in [0, 0.1) is 17.0 Å². The zero-order chi connectivity index (χ0) is 10.0. The van der Waals surface area contributed by atoms with Gasteiger partial charge < -0.3 is 5.11 Å². The van der Waals surface area contributed by atoms with Gasteiger partial charge >= 0.3 is 0 Å². The average Bonchev–Trinajstić information content (AvgIpc) is 2.09. The van der Waals surface area contributed by atoms with Crippen LogP contribution in [-0.4, -0.2) is 10.0 Å². The van der Waals surface area contributed by atoms with Crippen molar-refractivity contribution in [1.82, 2.24) is 0 Å². The molecule has 70 valence electrons. The van der Waals surface area contributed by atoms with Crippen molar-refractivity contribution >= 4 is 17.3 Å². The smallest absolute Gasteiger partial charge is 0.276 e. The minimum atomic E-state index is -0.559. The molecule has 0 spiro atoms. The quantitative estimate of drug-likeness (QED) is 0.588. The third-order valence-corrected chi connectivity index (χ3v) is 2.29. The van der Waals surface area contributed by atoms with Crippen molar-refractivity contribution < 1.29 is 10.0 Å². The normalized spacial score (nSPS) is 10.1. The van der Waals surface area contributed by atoms with Gasteiger partial charge in [-0.2, -0.15) is 0 Å². The van der Waals surface area contributed by atoms with Crippen LogP contribution in [-0.2, 0) is 6.61 Å². The van der Waals surface area contributed by atoms with Crippen LogP contribution in [0.1, 0.15) is 11.1 Å². The summed E-state index contributed by atoms with van der Waals surface area (Å²) in [7, 11) is 0. The molecule has 0 aromatic heterocycles.